The zero-order valence-corrected chi connectivity index (χ0v) is 28.6. The van der Waals surface area contributed by atoms with Gasteiger partial charge in [0.05, 0.1) is 50.1 Å². The Balaban J connectivity index is 1.36. The molecule has 0 spiro atoms. The number of pyridine rings is 1. The molecule has 0 saturated carbocycles. The number of hydrogen-bond acceptors (Lipinski definition) is 7. The van der Waals surface area contributed by atoms with Crippen LogP contribution in [0.15, 0.2) is 67.0 Å². The van der Waals surface area contributed by atoms with Gasteiger partial charge in [-0.1, -0.05) is 63.7 Å². The Labute approximate surface area is 288 Å². The summed E-state index contributed by atoms with van der Waals surface area (Å²) in [6.07, 6.45) is 5.53. The standard InChI is InChI=1S/C34H32Cl4N8/c1-34(2,3)45-12-10-25(11-13-45)46-19-30(43-44-46)32(20-4-6-22(35)7-5-20)42-24-14-26-31(41-23-8-9-27(36)28(37)15-23)21(17-39)18-40-33(26)29(38)16-24/h4-9,14-16,18-19,25,32,42H,10-13H2,1-3H3,(H,40,41). The first-order valence-electron chi connectivity index (χ1n) is 14.9. The summed E-state index contributed by atoms with van der Waals surface area (Å²) < 4.78 is 2.00. The average molecular weight is 694 g/mol. The molecule has 6 rings (SSSR count). The van der Waals surface area contributed by atoms with E-state index in [-0.39, 0.29) is 17.6 Å². The minimum Gasteiger partial charge on any atom is -0.373 e. The van der Waals surface area contributed by atoms with E-state index >= 15 is 0 Å². The molecule has 3 aromatic carbocycles. The molecule has 236 valence electrons. The van der Waals surface area contributed by atoms with E-state index in [0.717, 1.165) is 37.2 Å². The van der Waals surface area contributed by atoms with Crippen molar-refractivity contribution in [1.29, 1.82) is 5.26 Å². The van der Waals surface area contributed by atoms with Gasteiger partial charge in [0.25, 0.3) is 0 Å². The number of rotatable bonds is 7. The number of nitrogens with zero attached hydrogens (tertiary/aromatic N) is 6. The van der Waals surface area contributed by atoms with Crippen LogP contribution in [0.2, 0.25) is 20.1 Å². The first-order chi connectivity index (χ1) is 22.0. The van der Waals surface area contributed by atoms with E-state index in [1.807, 2.05) is 47.3 Å². The number of aromatic nitrogens is 4. The van der Waals surface area contributed by atoms with Crippen LogP contribution < -0.4 is 10.6 Å². The quantitative estimate of drug-likeness (QED) is 0.175. The summed E-state index contributed by atoms with van der Waals surface area (Å²) in [5, 5.41) is 28.7. The third-order valence-corrected chi connectivity index (χ3v) is 9.64. The predicted octanol–water partition coefficient (Wildman–Crippen LogP) is 9.69. The third kappa shape index (κ3) is 6.90. The molecular weight excluding hydrogens is 662 g/mol. The fraction of sp³-hybridized carbons (Fsp3) is 0.294. The lowest BCUT2D eigenvalue weighted by atomic mass is 9.98. The third-order valence-electron chi connectivity index (χ3n) is 8.36. The second-order valence-corrected chi connectivity index (χ2v) is 14.1. The van der Waals surface area contributed by atoms with Crippen LogP contribution in [0.25, 0.3) is 10.9 Å². The largest absolute Gasteiger partial charge is 0.373 e. The minimum absolute atomic E-state index is 0.143. The topological polar surface area (TPSA) is 94.7 Å². The van der Waals surface area contributed by atoms with Gasteiger partial charge < -0.3 is 10.6 Å². The Hall–Kier alpha value is -3.58. The highest BCUT2D eigenvalue weighted by Crippen LogP contribution is 2.38. The first-order valence-corrected chi connectivity index (χ1v) is 16.4. The molecule has 0 bridgehead atoms. The van der Waals surface area contributed by atoms with Gasteiger partial charge >= 0.3 is 0 Å². The van der Waals surface area contributed by atoms with Crippen molar-refractivity contribution in [3.63, 3.8) is 0 Å². The summed E-state index contributed by atoms with van der Waals surface area (Å²) in [5.41, 5.74) is 4.67. The second kappa shape index (κ2) is 13.3. The Morgan fingerprint density at radius 2 is 1.63 bits per heavy atom. The highest BCUT2D eigenvalue weighted by atomic mass is 35.5. The number of nitrogens with one attached hydrogen (secondary N) is 2. The zero-order chi connectivity index (χ0) is 32.6. The molecule has 2 aromatic heterocycles. The van der Waals surface area contributed by atoms with Crippen LogP contribution >= 0.6 is 46.4 Å². The van der Waals surface area contributed by atoms with Crippen molar-refractivity contribution in [3.8, 4) is 6.07 Å². The van der Waals surface area contributed by atoms with E-state index < -0.39 is 0 Å². The van der Waals surface area contributed by atoms with Crippen LogP contribution in [0.5, 0.6) is 0 Å². The number of likely N-dealkylation sites (tertiary alicyclic amines) is 1. The van der Waals surface area contributed by atoms with Gasteiger partial charge in [0, 0.05) is 46.6 Å². The van der Waals surface area contributed by atoms with Crippen LogP contribution in [0.4, 0.5) is 17.1 Å². The lowest BCUT2D eigenvalue weighted by molar-refractivity contribution is 0.0866. The summed E-state index contributed by atoms with van der Waals surface area (Å²) in [4.78, 5) is 7.01. The predicted molar refractivity (Wildman–Crippen MR) is 188 cm³/mol. The van der Waals surface area contributed by atoms with Gasteiger partial charge in [0.15, 0.2) is 0 Å². The van der Waals surface area contributed by atoms with Crippen LogP contribution in [0.3, 0.4) is 0 Å². The summed E-state index contributed by atoms with van der Waals surface area (Å²) in [7, 11) is 0. The Morgan fingerprint density at radius 1 is 0.913 bits per heavy atom. The first kappa shape index (κ1) is 32.4. The number of anilines is 3. The monoisotopic (exact) mass is 692 g/mol. The van der Waals surface area contributed by atoms with Gasteiger partial charge in [0.2, 0.25) is 0 Å². The Morgan fingerprint density at radius 3 is 2.30 bits per heavy atom. The summed E-state index contributed by atoms with van der Waals surface area (Å²) in [6, 6.07) is 18.7. The van der Waals surface area contributed by atoms with Crippen molar-refractivity contribution in [3.05, 3.63) is 104 Å². The van der Waals surface area contributed by atoms with Crippen molar-refractivity contribution >= 4 is 74.4 Å². The zero-order valence-electron chi connectivity index (χ0n) is 25.5. The molecule has 12 heteroatoms. The lowest BCUT2D eigenvalue weighted by Crippen LogP contribution is -2.46. The molecule has 46 heavy (non-hydrogen) atoms. The number of benzene rings is 3. The van der Waals surface area contributed by atoms with E-state index in [4.69, 9.17) is 46.4 Å². The summed E-state index contributed by atoms with van der Waals surface area (Å²) in [5.74, 6) is 0. The molecule has 0 aliphatic carbocycles. The van der Waals surface area contributed by atoms with Crippen molar-refractivity contribution in [2.45, 2.75) is 51.2 Å². The smallest absolute Gasteiger partial charge is 0.109 e. The Bertz CT molecular complexity index is 1920. The molecule has 1 aliphatic heterocycles. The number of nitriles is 1. The van der Waals surface area contributed by atoms with E-state index in [2.05, 4.69) is 57.7 Å². The van der Waals surface area contributed by atoms with Gasteiger partial charge in [-0.05, 0) is 81.6 Å². The van der Waals surface area contributed by atoms with Gasteiger partial charge in [-0.25, -0.2) is 4.68 Å². The fourth-order valence-corrected chi connectivity index (χ4v) is 6.53. The minimum atomic E-state index is -0.368. The molecule has 1 fully saturated rings. The Kier molecular flexibility index (Phi) is 9.33. The summed E-state index contributed by atoms with van der Waals surface area (Å²) >= 11 is 25.5. The van der Waals surface area contributed by atoms with Crippen LogP contribution in [0, 0.1) is 11.3 Å². The molecule has 5 aromatic rings. The van der Waals surface area contributed by atoms with E-state index in [9.17, 15) is 5.26 Å². The van der Waals surface area contributed by atoms with Crippen molar-refractivity contribution in [2.75, 3.05) is 23.7 Å². The maximum atomic E-state index is 9.97. The van der Waals surface area contributed by atoms with Crippen LogP contribution in [0.1, 0.15) is 62.5 Å². The van der Waals surface area contributed by atoms with E-state index in [1.165, 1.54) is 6.20 Å². The number of piperidine rings is 1. The van der Waals surface area contributed by atoms with Crippen molar-refractivity contribution in [1.82, 2.24) is 24.9 Å². The molecule has 8 nitrogen and oxygen atoms in total. The number of halogens is 4. The van der Waals surface area contributed by atoms with Gasteiger partial charge in [-0.15, -0.1) is 5.10 Å². The molecular formula is C34H32Cl4N8. The van der Waals surface area contributed by atoms with Gasteiger partial charge in [-0.3, -0.25) is 9.88 Å². The van der Waals surface area contributed by atoms with E-state index in [1.54, 1.807) is 18.2 Å². The molecule has 1 saturated heterocycles. The normalized spacial score (nSPS) is 15.1. The maximum absolute atomic E-state index is 9.97. The highest BCUT2D eigenvalue weighted by molar-refractivity contribution is 6.42. The second-order valence-electron chi connectivity index (χ2n) is 12.4. The summed E-state index contributed by atoms with van der Waals surface area (Å²) in [6.45, 7) is 8.79. The van der Waals surface area contributed by atoms with Gasteiger partial charge in [-0.2, -0.15) is 5.26 Å². The molecule has 2 N–H and O–H groups in total. The van der Waals surface area contributed by atoms with Crippen molar-refractivity contribution in [2.24, 2.45) is 0 Å². The molecule has 0 amide bonds. The van der Waals surface area contributed by atoms with Crippen LogP contribution in [-0.2, 0) is 0 Å². The fourth-order valence-electron chi connectivity index (χ4n) is 5.83. The van der Waals surface area contributed by atoms with Gasteiger partial charge in [0.1, 0.15) is 11.8 Å². The molecule has 1 aliphatic rings. The molecule has 1 atom stereocenters. The van der Waals surface area contributed by atoms with Crippen LogP contribution in [-0.4, -0.2) is 43.5 Å². The number of hydrogen-bond donors (Lipinski definition) is 2. The lowest BCUT2D eigenvalue weighted by Gasteiger charge is -2.40. The van der Waals surface area contributed by atoms with Crippen molar-refractivity contribution < 1.29 is 0 Å². The molecule has 0 radical (unpaired) electrons. The maximum Gasteiger partial charge on any atom is 0.109 e. The number of fused-ring (bicyclic) bond motifs is 1. The SMILES string of the molecule is CC(C)(C)N1CCC(n2cc(C(Nc3cc(Cl)c4ncc(C#N)c(Nc5ccc(Cl)c(Cl)c5)c4c3)c3ccc(Cl)cc3)nn2)CC1. The van der Waals surface area contributed by atoms with E-state index in [0.29, 0.717) is 53.6 Å². The molecule has 3 heterocycles. The highest BCUT2D eigenvalue weighted by Gasteiger charge is 2.29. The molecule has 1 unspecified atom stereocenters. The average Bonchev–Trinajstić information content (AvgIpc) is 3.52.